The van der Waals surface area contributed by atoms with Crippen LogP contribution in [0.1, 0.15) is 10.4 Å². The van der Waals surface area contributed by atoms with Gasteiger partial charge in [0.15, 0.2) is 6.10 Å². The van der Waals surface area contributed by atoms with E-state index in [0.717, 1.165) is 0 Å². The van der Waals surface area contributed by atoms with Gasteiger partial charge in [0.1, 0.15) is 11.5 Å². The second-order valence-electron chi connectivity index (χ2n) is 6.83. The first-order valence-corrected chi connectivity index (χ1v) is 9.52. The van der Waals surface area contributed by atoms with Gasteiger partial charge >= 0.3 is 6.61 Å². The predicted octanol–water partition coefficient (Wildman–Crippen LogP) is 2.55. The van der Waals surface area contributed by atoms with Gasteiger partial charge in [0.25, 0.3) is 11.8 Å². The predicted molar refractivity (Wildman–Crippen MR) is 103 cm³/mol. The first kappa shape index (κ1) is 20.1. The number of hydrogen-bond donors (Lipinski definition) is 0. The summed E-state index contributed by atoms with van der Waals surface area (Å²) in [6.07, 6.45) is -0.873. The molecule has 1 atom stereocenters. The third-order valence-corrected chi connectivity index (χ3v) is 4.92. The number of benzene rings is 2. The highest BCUT2D eigenvalue weighted by Gasteiger charge is 2.36. The van der Waals surface area contributed by atoms with Gasteiger partial charge in [-0.2, -0.15) is 8.78 Å². The topological polar surface area (TPSA) is 68.3 Å². The van der Waals surface area contributed by atoms with Gasteiger partial charge < -0.3 is 24.0 Å². The van der Waals surface area contributed by atoms with E-state index in [1.165, 1.54) is 29.2 Å². The van der Waals surface area contributed by atoms with Crippen molar-refractivity contribution >= 4 is 17.5 Å². The summed E-state index contributed by atoms with van der Waals surface area (Å²) in [4.78, 5) is 29.3. The Bertz CT molecular complexity index is 933. The highest BCUT2D eigenvalue weighted by molar-refractivity contribution is 6.08. The van der Waals surface area contributed by atoms with E-state index in [2.05, 4.69) is 4.74 Å². The van der Waals surface area contributed by atoms with E-state index in [1.54, 1.807) is 29.2 Å². The van der Waals surface area contributed by atoms with Crippen molar-refractivity contribution in [2.75, 3.05) is 37.7 Å². The number of nitrogens with zero attached hydrogens (tertiary/aromatic N) is 2. The van der Waals surface area contributed by atoms with Crippen LogP contribution in [0.4, 0.5) is 14.5 Å². The first-order chi connectivity index (χ1) is 14.5. The second kappa shape index (κ2) is 8.66. The summed E-state index contributed by atoms with van der Waals surface area (Å²) in [5.74, 6) is -0.368. The van der Waals surface area contributed by atoms with Crippen LogP contribution in [-0.2, 0) is 9.53 Å². The zero-order chi connectivity index (χ0) is 21.1. The van der Waals surface area contributed by atoms with Gasteiger partial charge in [-0.3, -0.25) is 9.59 Å². The van der Waals surface area contributed by atoms with Gasteiger partial charge in [-0.15, -0.1) is 0 Å². The van der Waals surface area contributed by atoms with E-state index >= 15 is 0 Å². The molecule has 2 aromatic carbocycles. The molecule has 0 spiro atoms. The smallest absolute Gasteiger partial charge is 0.387 e. The molecule has 2 amide bonds. The molecule has 0 bridgehead atoms. The van der Waals surface area contributed by atoms with Crippen molar-refractivity contribution in [1.82, 2.24) is 4.90 Å². The largest absolute Gasteiger partial charge is 0.476 e. The minimum absolute atomic E-state index is 0.00592. The number of anilines is 1. The molecule has 30 heavy (non-hydrogen) atoms. The maximum absolute atomic E-state index is 13.2. The molecule has 0 N–H and O–H groups in total. The standard InChI is InChI=1S/C21H20F2N2O5/c22-21(23)29-15-5-3-4-14(12-15)19(26)25-13-18(20(27)24-8-10-28-11-9-24)30-17-7-2-1-6-16(17)25/h1-7,12,18,21H,8-11,13H2/t18-/m1/s1. The number of morpholine rings is 1. The molecule has 0 unspecified atom stereocenters. The monoisotopic (exact) mass is 418 g/mol. The van der Waals surface area contributed by atoms with Gasteiger partial charge in [-0.1, -0.05) is 18.2 Å². The van der Waals surface area contributed by atoms with Crippen LogP contribution in [0.25, 0.3) is 0 Å². The Hall–Kier alpha value is -3.20. The number of rotatable bonds is 4. The van der Waals surface area contributed by atoms with Crippen LogP contribution in [0, 0.1) is 0 Å². The van der Waals surface area contributed by atoms with E-state index in [0.29, 0.717) is 37.7 Å². The van der Waals surface area contributed by atoms with E-state index in [-0.39, 0.29) is 23.8 Å². The molecule has 0 saturated carbocycles. The van der Waals surface area contributed by atoms with Crippen LogP contribution in [0.2, 0.25) is 0 Å². The molecule has 2 heterocycles. The van der Waals surface area contributed by atoms with Crippen molar-refractivity contribution in [1.29, 1.82) is 0 Å². The summed E-state index contributed by atoms with van der Waals surface area (Å²) in [5.41, 5.74) is 0.677. The van der Waals surface area contributed by atoms with Gasteiger partial charge in [0.2, 0.25) is 0 Å². The van der Waals surface area contributed by atoms with Crippen LogP contribution < -0.4 is 14.4 Å². The lowest BCUT2D eigenvalue weighted by Crippen LogP contribution is -2.54. The van der Waals surface area contributed by atoms with Crippen LogP contribution in [-0.4, -0.2) is 62.3 Å². The third kappa shape index (κ3) is 4.20. The molecule has 7 nitrogen and oxygen atoms in total. The summed E-state index contributed by atoms with van der Waals surface area (Å²) in [5, 5.41) is 0. The highest BCUT2D eigenvalue weighted by atomic mass is 19.3. The number of carbonyl (C=O) groups excluding carboxylic acids is 2. The molecule has 2 aromatic rings. The van der Waals surface area contributed by atoms with Gasteiger partial charge in [0, 0.05) is 18.7 Å². The number of alkyl halides is 2. The maximum atomic E-state index is 13.2. The normalized spacial score (nSPS) is 18.6. The van der Waals surface area contributed by atoms with Crippen molar-refractivity contribution in [3.63, 3.8) is 0 Å². The first-order valence-electron chi connectivity index (χ1n) is 9.52. The molecule has 4 rings (SSSR count). The van der Waals surface area contributed by atoms with E-state index in [4.69, 9.17) is 9.47 Å². The molecule has 158 valence electrons. The van der Waals surface area contributed by atoms with Gasteiger partial charge in [-0.25, -0.2) is 0 Å². The molecule has 2 aliphatic heterocycles. The molecule has 0 aromatic heterocycles. The summed E-state index contributed by atoms with van der Waals surface area (Å²) in [6.45, 7) is -1.16. The third-order valence-electron chi connectivity index (χ3n) is 4.92. The molecule has 1 saturated heterocycles. The Balaban J connectivity index is 1.61. The number of carbonyl (C=O) groups is 2. The Morgan fingerprint density at radius 1 is 1.07 bits per heavy atom. The van der Waals surface area contributed by atoms with Crippen molar-refractivity contribution in [3.8, 4) is 11.5 Å². The molecule has 0 aliphatic carbocycles. The molecule has 9 heteroatoms. The van der Waals surface area contributed by atoms with Crippen LogP contribution >= 0.6 is 0 Å². The van der Waals surface area contributed by atoms with Crippen LogP contribution in [0.3, 0.4) is 0 Å². The highest BCUT2D eigenvalue weighted by Crippen LogP contribution is 2.35. The number of fused-ring (bicyclic) bond motifs is 1. The lowest BCUT2D eigenvalue weighted by molar-refractivity contribution is -0.142. The summed E-state index contributed by atoms with van der Waals surface area (Å²) in [6, 6.07) is 12.5. The van der Waals surface area contributed by atoms with E-state index in [9.17, 15) is 18.4 Å². The SMILES string of the molecule is O=C([C@H]1CN(C(=O)c2cccc(OC(F)F)c2)c2ccccc2O1)N1CCOCC1. The zero-order valence-corrected chi connectivity index (χ0v) is 16.0. The lowest BCUT2D eigenvalue weighted by Gasteiger charge is -2.37. The summed E-state index contributed by atoms with van der Waals surface area (Å²) in [7, 11) is 0. The molecular formula is C21H20F2N2O5. The maximum Gasteiger partial charge on any atom is 0.387 e. The number of para-hydroxylation sites is 2. The lowest BCUT2D eigenvalue weighted by atomic mass is 10.1. The fourth-order valence-electron chi connectivity index (χ4n) is 3.50. The van der Waals surface area contributed by atoms with Gasteiger partial charge in [-0.05, 0) is 30.3 Å². The summed E-state index contributed by atoms with van der Waals surface area (Å²) < 4.78 is 40.6. The minimum atomic E-state index is -2.99. The fraction of sp³-hybridized carbons (Fsp3) is 0.333. The second-order valence-corrected chi connectivity index (χ2v) is 6.83. The molecule has 2 aliphatic rings. The number of ether oxygens (including phenoxy) is 3. The Labute approximate surface area is 171 Å². The van der Waals surface area contributed by atoms with Crippen molar-refractivity contribution in [2.45, 2.75) is 12.7 Å². The number of halogens is 2. The number of hydrogen-bond acceptors (Lipinski definition) is 5. The molecule has 0 radical (unpaired) electrons. The Morgan fingerprint density at radius 2 is 1.83 bits per heavy atom. The van der Waals surface area contributed by atoms with Crippen molar-refractivity contribution in [2.24, 2.45) is 0 Å². The average Bonchev–Trinajstić information content (AvgIpc) is 2.77. The summed E-state index contributed by atoms with van der Waals surface area (Å²) >= 11 is 0. The minimum Gasteiger partial charge on any atom is -0.476 e. The zero-order valence-electron chi connectivity index (χ0n) is 16.0. The number of amides is 2. The Kier molecular flexibility index (Phi) is 5.80. The Morgan fingerprint density at radius 3 is 2.60 bits per heavy atom. The van der Waals surface area contributed by atoms with E-state index in [1.807, 2.05) is 0 Å². The quantitative estimate of drug-likeness (QED) is 0.764. The van der Waals surface area contributed by atoms with Crippen molar-refractivity contribution < 1.29 is 32.6 Å². The van der Waals surface area contributed by atoms with Crippen molar-refractivity contribution in [3.05, 3.63) is 54.1 Å². The fourth-order valence-corrected chi connectivity index (χ4v) is 3.50. The van der Waals surface area contributed by atoms with Gasteiger partial charge in [0.05, 0.1) is 25.4 Å². The molecule has 1 fully saturated rings. The molecular weight excluding hydrogens is 398 g/mol. The van der Waals surface area contributed by atoms with E-state index < -0.39 is 18.6 Å². The van der Waals surface area contributed by atoms with Crippen LogP contribution in [0.5, 0.6) is 11.5 Å². The average molecular weight is 418 g/mol. The van der Waals surface area contributed by atoms with Crippen LogP contribution in [0.15, 0.2) is 48.5 Å².